The SMILES string of the molecule is OC(CS)C(O)c1cc(F)c(Cl)cc1Cl. The molecule has 0 bridgehead atoms. The van der Waals surface area contributed by atoms with Crippen molar-refractivity contribution in [2.75, 3.05) is 5.75 Å². The summed E-state index contributed by atoms with van der Waals surface area (Å²) < 4.78 is 13.1. The van der Waals surface area contributed by atoms with E-state index in [1.165, 1.54) is 6.07 Å². The van der Waals surface area contributed by atoms with E-state index in [4.69, 9.17) is 23.2 Å². The van der Waals surface area contributed by atoms with Crippen molar-refractivity contribution in [1.82, 2.24) is 0 Å². The third kappa shape index (κ3) is 2.98. The molecule has 2 unspecified atom stereocenters. The molecule has 1 rings (SSSR count). The van der Waals surface area contributed by atoms with Crippen LogP contribution in [0, 0.1) is 5.82 Å². The summed E-state index contributed by atoms with van der Waals surface area (Å²) in [4.78, 5) is 0. The first-order valence-electron chi connectivity index (χ1n) is 4.08. The lowest BCUT2D eigenvalue weighted by atomic mass is 10.1. The van der Waals surface area contributed by atoms with Gasteiger partial charge in [-0.15, -0.1) is 0 Å². The zero-order chi connectivity index (χ0) is 11.6. The van der Waals surface area contributed by atoms with E-state index in [1.807, 2.05) is 0 Å². The molecule has 0 aromatic heterocycles. The molecule has 0 aliphatic carbocycles. The molecule has 0 aliphatic heterocycles. The predicted octanol–water partition coefficient (Wildman–Crippen LogP) is 2.46. The minimum absolute atomic E-state index is 0.0434. The number of thiol groups is 1. The fraction of sp³-hybridized carbons (Fsp3) is 0.333. The molecule has 1 aromatic rings. The van der Waals surface area contributed by atoms with Gasteiger partial charge < -0.3 is 10.2 Å². The Morgan fingerprint density at radius 3 is 2.40 bits per heavy atom. The average molecular weight is 271 g/mol. The monoisotopic (exact) mass is 270 g/mol. The molecule has 0 saturated heterocycles. The maximum absolute atomic E-state index is 13.1. The van der Waals surface area contributed by atoms with E-state index in [0.29, 0.717) is 0 Å². The lowest BCUT2D eigenvalue weighted by Gasteiger charge is -2.17. The first-order chi connectivity index (χ1) is 6.97. The minimum atomic E-state index is -1.28. The van der Waals surface area contributed by atoms with Crippen LogP contribution in [0.4, 0.5) is 4.39 Å². The molecule has 15 heavy (non-hydrogen) atoms. The van der Waals surface area contributed by atoms with Crippen LogP contribution < -0.4 is 0 Å². The zero-order valence-corrected chi connectivity index (χ0v) is 9.90. The number of hydrogen-bond acceptors (Lipinski definition) is 3. The van der Waals surface area contributed by atoms with Crippen molar-refractivity contribution in [3.63, 3.8) is 0 Å². The summed E-state index contributed by atoms with van der Waals surface area (Å²) in [7, 11) is 0. The van der Waals surface area contributed by atoms with Crippen molar-refractivity contribution < 1.29 is 14.6 Å². The molecule has 0 heterocycles. The Balaban J connectivity index is 3.09. The van der Waals surface area contributed by atoms with Crippen molar-refractivity contribution in [2.24, 2.45) is 0 Å². The Hall–Kier alpha value is -0.0000000000000000555. The average Bonchev–Trinajstić information content (AvgIpc) is 2.21. The number of hydrogen-bond donors (Lipinski definition) is 3. The van der Waals surface area contributed by atoms with Gasteiger partial charge in [0.05, 0.1) is 11.1 Å². The Morgan fingerprint density at radius 2 is 1.87 bits per heavy atom. The van der Waals surface area contributed by atoms with Gasteiger partial charge in [0, 0.05) is 16.3 Å². The molecule has 0 amide bonds. The van der Waals surface area contributed by atoms with Gasteiger partial charge in [0.15, 0.2) is 0 Å². The first kappa shape index (κ1) is 13.1. The second-order valence-corrected chi connectivity index (χ2v) is 4.16. The number of aliphatic hydroxyl groups is 2. The number of benzene rings is 1. The van der Waals surface area contributed by atoms with Crippen LogP contribution in [0.3, 0.4) is 0 Å². The third-order valence-electron chi connectivity index (χ3n) is 1.91. The molecular weight excluding hydrogens is 262 g/mol. The van der Waals surface area contributed by atoms with Gasteiger partial charge in [-0.25, -0.2) is 4.39 Å². The molecule has 0 aliphatic rings. The lowest BCUT2D eigenvalue weighted by Crippen LogP contribution is -2.20. The first-order valence-corrected chi connectivity index (χ1v) is 5.47. The standard InChI is InChI=1S/C9H9Cl2FO2S/c10-5-2-6(11)7(12)1-4(5)9(14)8(13)3-15/h1-2,8-9,13-15H,3H2. The maximum Gasteiger partial charge on any atom is 0.142 e. The van der Waals surface area contributed by atoms with Crippen LogP contribution >= 0.6 is 35.8 Å². The second-order valence-electron chi connectivity index (χ2n) is 2.98. The van der Waals surface area contributed by atoms with Crippen LogP contribution in [0.1, 0.15) is 11.7 Å². The fourth-order valence-corrected chi connectivity index (χ4v) is 1.77. The van der Waals surface area contributed by atoms with Crippen LogP contribution in [-0.4, -0.2) is 22.1 Å². The summed E-state index contributed by atoms with van der Waals surface area (Å²) in [6.45, 7) is 0. The van der Waals surface area contributed by atoms with Gasteiger partial charge in [-0.3, -0.25) is 0 Å². The van der Waals surface area contributed by atoms with Gasteiger partial charge in [0.1, 0.15) is 11.9 Å². The Kier molecular flexibility index (Phi) is 4.67. The molecule has 1 aromatic carbocycles. The fourth-order valence-electron chi connectivity index (χ4n) is 1.07. The van der Waals surface area contributed by atoms with Crippen LogP contribution in [0.5, 0.6) is 0 Å². The highest BCUT2D eigenvalue weighted by molar-refractivity contribution is 7.80. The van der Waals surface area contributed by atoms with Crippen molar-refractivity contribution >= 4 is 35.8 Å². The Bertz CT molecular complexity index is 362. The molecule has 2 N–H and O–H groups in total. The molecule has 0 radical (unpaired) electrons. The lowest BCUT2D eigenvalue weighted by molar-refractivity contribution is 0.0336. The van der Waals surface area contributed by atoms with Crippen LogP contribution in [-0.2, 0) is 0 Å². The normalized spacial score (nSPS) is 15.1. The van der Waals surface area contributed by atoms with E-state index >= 15 is 0 Å². The van der Waals surface area contributed by atoms with E-state index in [9.17, 15) is 14.6 Å². The van der Waals surface area contributed by atoms with Gasteiger partial charge in [0.25, 0.3) is 0 Å². The summed E-state index contributed by atoms with van der Waals surface area (Å²) in [5, 5.41) is 18.9. The highest BCUT2D eigenvalue weighted by atomic mass is 35.5. The maximum atomic E-state index is 13.1. The molecule has 0 fully saturated rings. The summed E-state index contributed by atoms with van der Waals surface area (Å²) in [5.41, 5.74) is 0.0973. The molecule has 0 saturated carbocycles. The van der Waals surface area contributed by atoms with Crippen LogP contribution in [0.2, 0.25) is 10.0 Å². The largest absolute Gasteiger partial charge is 0.389 e. The van der Waals surface area contributed by atoms with Gasteiger partial charge in [-0.2, -0.15) is 12.6 Å². The molecule has 0 spiro atoms. The highest BCUT2D eigenvalue weighted by Gasteiger charge is 2.21. The molecule has 84 valence electrons. The van der Waals surface area contributed by atoms with Crippen LogP contribution in [0.25, 0.3) is 0 Å². The Labute approximate surface area is 102 Å². The number of rotatable bonds is 3. The van der Waals surface area contributed by atoms with Crippen molar-refractivity contribution in [3.05, 3.63) is 33.6 Å². The molecule has 6 heteroatoms. The molecular formula is C9H9Cl2FO2S. The van der Waals surface area contributed by atoms with E-state index in [0.717, 1.165) is 6.07 Å². The van der Waals surface area contributed by atoms with E-state index in [2.05, 4.69) is 12.6 Å². The Morgan fingerprint density at radius 1 is 1.27 bits per heavy atom. The van der Waals surface area contributed by atoms with Gasteiger partial charge in [-0.1, -0.05) is 23.2 Å². The molecule has 2 atom stereocenters. The van der Waals surface area contributed by atoms with E-state index in [1.54, 1.807) is 0 Å². The van der Waals surface area contributed by atoms with E-state index in [-0.39, 0.29) is 21.4 Å². The van der Waals surface area contributed by atoms with Crippen molar-refractivity contribution in [3.8, 4) is 0 Å². The van der Waals surface area contributed by atoms with Gasteiger partial charge in [-0.05, 0) is 12.1 Å². The minimum Gasteiger partial charge on any atom is -0.389 e. The van der Waals surface area contributed by atoms with Gasteiger partial charge in [0.2, 0.25) is 0 Å². The molecule has 2 nitrogen and oxygen atoms in total. The summed E-state index contributed by atoms with van der Waals surface area (Å²) in [5.74, 6) is -0.650. The summed E-state index contributed by atoms with van der Waals surface area (Å²) in [6, 6.07) is 2.18. The smallest absolute Gasteiger partial charge is 0.142 e. The highest BCUT2D eigenvalue weighted by Crippen LogP contribution is 2.30. The van der Waals surface area contributed by atoms with Crippen molar-refractivity contribution in [1.29, 1.82) is 0 Å². The van der Waals surface area contributed by atoms with Crippen LogP contribution in [0.15, 0.2) is 12.1 Å². The topological polar surface area (TPSA) is 40.5 Å². The predicted molar refractivity (Wildman–Crippen MR) is 61.2 cm³/mol. The van der Waals surface area contributed by atoms with Crippen molar-refractivity contribution in [2.45, 2.75) is 12.2 Å². The third-order valence-corrected chi connectivity index (χ3v) is 2.90. The van der Waals surface area contributed by atoms with E-state index < -0.39 is 18.0 Å². The second kappa shape index (κ2) is 5.37. The quantitative estimate of drug-likeness (QED) is 0.584. The number of aliphatic hydroxyl groups excluding tert-OH is 2. The number of halogens is 3. The summed E-state index contributed by atoms with van der Waals surface area (Å²) >= 11 is 15.0. The summed E-state index contributed by atoms with van der Waals surface area (Å²) in [6.07, 6.45) is -2.38. The zero-order valence-electron chi connectivity index (χ0n) is 7.49. The van der Waals surface area contributed by atoms with Gasteiger partial charge >= 0.3 is 0 Å².